The summed E-state index contributed by atoms with van der Waals surface area (Å²) in [5, 5.41) is 0.517. The number of hydrogen-bond donors (Lipinski definition) is 1. The first-order chi connectivity index (χ1) is 10.7. The Kier molecular flexibility index (Phi) is 5.42. The van der Waals surface area contributed by atoms with Gasteiger partial charge in [0.2, 0.25) is 0 Å². The fraction of sp³-hybridized carbons (Fsp3) is 0.588. The van der Waals surface area contributed by atoms with Gasteiger partial charge in [0.15, 0.2) is 0 Å². The van der Waals surface area contributed by atoms with Crippen LogP contribution in [0.3, 0.4) is 0 Å². The molecule has 1 unspecified atom stereocenters. The molecule has 1 aromatic carbocycles. The van der Waals surface area contributed by atoms with Gasteiger partial charge in [0, 0.05) is 24.7 Å². The van der Waals surface area contributed by atoms with Crippen LogP contribution in [0.4, 0.5) is 5.69 Å². The zero-order valence-electron chi connectivity index (χ0n) is 14.2. The van der Waals surface area contributed by atoms with Crippen LogP contribution in [0, 0.1) is 5.92 Å². The summed E-state index contributed by atoms with van der Waals surface area (Å²) in [5.41, 5.74) is 6.83. The summed E-state index contributed by atoms with van der Waals surface area (Å²) in [4.78, 5) is 14.4. The SMILES string of the molecule is COc1cc(N)c(Cl)cc1CN1CCC(C(=O)OC(C)(C)C)C1. The van der Waals surface area contributed by atoms with Crippen molar-refractivity contribution in [2.45, 2.75) is 39.3 Å². The molecule has 2 N–H and O–H groups in total. The number of esters is 1. The van der Waals surface area contributed by atoms with Crippen molar-refractivity contribution < 1.29 is 14.3 Å². The average Bonchev–Trinajstić information content (AvgIpc) is 2.89. The van der Waals surface area contributed by atoms with E-state index in [0.717, 1.165) is 18.5 Å². The maximum absolute atomic E-state index is 12.2. The number of anilines is 1. The number of halogens is 1. The van der Waals surface area contributed by atoms with Crippen LogP contribution >= 0.6 is 11.6 Å². The molecule has 0 aliphatic carbocycles. The molecule has 0 aromatic heterocycles. The van der Waals surface area contributed by atoms with Crippen molar-refractivity contribution in [3.05, 3.63) is 22.7 Å². The molecule has 0 amide bonds. The van der Waals surface area contributed by atoms with Gasteiger partial charge in [0.05, 0.1) is 23.7 Å². The monoisotopic (exact) mass is 340 g/mol. The number of rotatable bonds is 4. The third-order valence-electron chi connectivity index (χ3n) is 3.81. The number of nitrogens with two attached hydrogens (primary N) is 1. The zero-order chi connectivity index (χ0) is 17.2. The third kappa shape index (κ3) is 4.75. The normalized spacial score (nSPS) is 18.9. The van der Waals surface area contributed by atoms with Gasteiger partial charge in [-0.2, -0.15) is 0 Å². The van der Waals surface area contributed by atoms with E-state index in [4.69, 9.17) is 26.8 Å². The maximum Gasteiger partial charge on any atom is 0.310 e. The minimum absolute atomic E-state index is 0.0792. The largest absolute Gasteiger partial charge is 0.496 e. The fourth-order valence-electron chi connectivity index (χ4n) is 2.72. The molecule has 1 aromatic rings. The molecule has 1 atom stereocenters. The van der Waals surface area contributed by atoms with Gasteiger partial charge in [0.1, 0.15) is 11.4 Å². The van der Waals surface area contributed by atoms with E-state index >= 15 is 0 Å². The van der Waals surface area contributed by atoms with Gasteiger partial charge < -0.3 is 15.2 Å². The van der Waals surface area contributed by atoms with Gasteiger partial charge >= 0.3 is 5.97 Å². The van der Waals surface area contributed by atoms with E-state index < -0.39 is 5.60 Å². The lowest BCUT2D eigenvalue weighted by molar-refractivity contribution is -0.159. The van der Waals surface area contributed by atoms with Gasteiger partial charge in [-0.3, -0.25) is 9.69 Å². The lowest BCUT2D eigenvalue weighted by Gasteiger charge is -2.22. The number of nitrogen functional groups attached to an aromatic ring is 1. The Morgan fingerprint density at radius 3 is 2.74 bits per heavy atom. The van der Waals surface area contributed by atoms with Crippen molar-refractivity contribution in [3.63, 3.8) is 0 Å². The predicted octanol–water partition coefficient (Wildman–Crippen LogP) is 3.09. The summed E-state index contributed by atoms with van der Waals surface area (Å²) in [6.07, 6.45) is 0.805. The highest BCUT2D eigenvalue weighted by atomic mass is 35.5. The third-order valence-corrected chi connectivity index (χ3v) is 4.13. The van der Waals surface area contributed by atoms with E-state index in [0.29, 0.717) is 29.5 Å². The second kappa shape index (κ2) is 6.97. The van der Waals surface area contributed by atoms with Crippen molar-refractivity contribution in [2.75, 3.05) is 25.9 Å². The van der Waals surface area contributed by atoms with Crippen molar-refractivity contribution in [1.29, 1.82) is 0 Å². The quantitative estimate of drug-likeness (QED) is 0.674. The molecule has 1 saturated heterocycles. The molecular weight excluding hydrogens is 316 g/mol. The first-order valence-corrected chi connectivity index (χ1v) is 8.14. The summed E-state index contributed by atoms with van der Waals surface area (Å²) in [7, 11) is 1.61. The van der Waals surface area contributed by atoms with Crippen LogP contribution in [-0.2, 0) is 16.1 Å². The lowest BCUT2D eigenvalue weighted by atomic mass is 10.1. The smallest absolute Gasteiger partial charge is 0.310 e. The zero-order valence-corrected chi connectivity index (χ0v) is 14.9. The lowest BCUT2D eigenvalue weighted by Crippen LogP contribution is -2.30. The van der Waals surface area contributed by atoms with E-state index in [2.05, 4.69) is 4.90 Å². The fourth-order valence-corrected chi connectivity index (χ4v) is 2.90. The maximum atomic E-state index is 12.2. The molecule has 1 aliphatic heterocycles. The Labute approximate surface area is 142 Å². The minimum Gasteiger partial charge on any atom is -0.496 e. The van der Waals surface area contributed by atoms with Gasteiger partial charge in [-0.05, 0) is 39.8 Å². The van der Waals surface area contributed by atoms with Crippen LogP contribution in [0.2, 0.25) is 5.02 Å². The molecule has 5 nitrogen and oxygen atoms in total. The molecular formula is C17H25ClN2O3. The van der Waals surface area contributed by atoms with Crippen molar-refractivity contribution >= 4 is 23.3 Å². The summed E-state index contributed by atoms with van der Waals surface area (Å²) in [6, 6.07) is 3.57. The van der Waals surface area contributed by atoms with Crippen LogP contribution in [0.15, 0.2) is 12.1 Å². The number of likely N-dealkylation sites (tertiary alicyclic amines) is 1. The summed E-state index contributed by atoms with van der Waals surface area (Å²) >= 11 is 6.11. The Morgan fingerprint density at radius 1 is 1.43 bits per heavy atom. The van der Waals surface area contributed by atoms with Gasteiger partial charge in [-0.25, -0.2) is 0 Å². The number of methoxy groups -OCH3 is 1. The van der Waals surface area contributed by atoms with Crippen LogP contribution < -0.4 is 10.5 Å². The summed E-state index contributed by atoms with van der Waals surface area (Å²) < 4.78 is 10.8. The Balaban J connectivity index is 2.01. The van der Waals surface area contributed by atoms with E-state index in [1.54, 1.807) is 13.2 Å². The van der Waals surface area contributed by atoms with Crippen molar-refractivity contribution in [3.8, 4) is 5.75 Å². The molecule has 0 bridgehead atoms. The Bertz CT molecular complexity index is 584. The number of benzene rings is 1. The minimum atomic E-state index is -0.446. The molecule has 2 rings (SSSR count). The van der Waals surface area contributed by atoms with Gasteiger partial charge in [0.25, 0.3) is 0 Å². The molecule has 0 radical (unpaired) electrons. The number of carbonyl (C=O) groups excluding carboxylic acids is 1. The van der Waals surface area contributed by atoms with Gasteiger partial charge in [-0.15, -0.1) is 0 Å². The number of ether oxygens (including phenoxy) is 2. The van der Waals surface area contributed by atoms with E-state index in [-0.39, 0.29) is 11.9 Å². The van der Waals surface area contributed by atoms with Crippen molar-refractivity contribution in [1.82, 2.24) is 4.90 Å². The molecule has 1 aliphatic rings. The molecule has 0 spiro atoms. The summed E-state index contributed by atoms with van der Waals surface area (Å²) in [6.45, 7) is 7.86. The van der Waals surface area contributed by atoms with Crippen LogP contribution in [-0.4, -0.2) is 36.7 Å². The standard InChI is InChI=1S/C17H25ClN2O3/c1-17(2,3)23-16(21)11-5-6-20(9-11)10-12-7-13(18)14(19)8-15(12)22-4/h7-8,11H,5-6,9-10,19H2,1-4H3. The van der Waals surface area contributed by atoms with Crippen molar-refractivity contribution in [2.24, 2.45) is 5.92 Å². The topological polar surface area (TPSA) is 64.8 Å². The van der Waals surface area contributed by atoms with Gasteiger partial charge in [-0.1, -0.05) is 11.6 Å². The number of hydrogen-bond acceptors (Lipinski definition) is 5. The predicted molar refractivity (Wildman–Crippen MR) is 91.6 cm³/mol. The van der Waals surface area contributed by atoms with E-state index in [1.807, 2.05) is 26.8 Å². The second-order valence-corrected chi connectivity index (χ2v) is 7.35. The average molecular weight is 341 g/mol. The highest BCUT2D eigenvalue weighted by Gasteiger charge is 2.32. The molecule has 1 heterocycles. The molecule has 23 heavy (non-hydrogen) atoms. The Hall–Kier alpha value is -1.46. The Morgan fingerprint density at radius 2 is 2.13 bits per heavy atom. The number of nitrogens with zero attached hydrogens (tertiary/aromatic N) is 1. The molecule has 128 valence electrons. The highest BCUT2D eigenvalue weighted by Crippen LogP contribution is 2.31. The summed E-state index contributed by atoms with van der Waals surface area (Å²) in [5.74, 6) is 0.513. The van der Waals surface area contributed by atoms with Crippen LogP contribution in [0.1, 0.15) is 32.8 Å². The second-order valence-electron chi connectivity index (χ2n) is 6.94. The van der Waals surface area contributed by atoms with E-state index in [1.165, 1.54) is 0 Å². The van der Waals surface area contributed by atoms with Crippen LogP contribution in [0.25, 0.3) is 0 Å². The van der Waals surface area contributed by atoms with Crippen LogP contribution in [0.5, 0.6) is 5.75 Å². The van der Waals surface area contributed by atoms with E-state index in [9.17, 15) is 4.79 Å². The first-order valence-electron chi connectivity index (χ1n) is 7.76. The first kappa shape index (κ1) is 17.9. The number of carbonyl (C=O) groups is 1. The molecule has 0 saturated carbocycles. The highest BCUT2D eigenvalue weighted by molar-refractivity contribution is 6.33. The molecule has 1 fully saturated rings. The molecule has 6 heteroatoms.